The minimum Gasteiger partial charge on any atom is -0.496 e. The van der Waals surface area contributed by atoms with Crippen molar-refractivity contribution in [1.29, 1.82) is 0 Å². The van der Waals surface area contributed by atoms with Crippen LogP contribution in [0.2, 0.25) is 0 Å². The van der Waals surface area contributed by atoms with Crippen LogP contribution in [-0.4, -0.2) is 21.9 Å². The quantitative estimate of drug-likeness (QED) is 0.873. The number of aromatic nitrogens is 3. The first kappa shape index (κ1) is 13.2. The molecule has 0 atom stereocenters. The Kier molecular flexibility index (Phi) is 4.13. The van der Waals surface area contributed by atoms with Crippen LogP contribution in [0.1, 0.15) is 5.56 Å². The van der Waals surface area contributed by atoms with Crippen molar-refractivity contribution < 1.29 is 4.74 Å². The summed E-state index contributed by atoms with van der Waals surface area (Å²) in [6.45, 7) is 0. The average Bonchev–Trinajstić information content (AvgIpc) is 2.68. The van der Waals surface area contributed by atoms with Gasteiger partial charge in [0.1, 0.15) is 5.75 Å². The molecule has 0 saturated carbocycles. The molecule has 1 aromatic carbocycles. The summed E-state index contributed by atoms with van der Waals surface area (Å²) in [5, 5.41) is 8.61. The lowest BCUT2D eigenvalue weighted by atomic mass is 10.2. The molecule has 2 N–H and O–H groups in total. The van der Waals surface area contributed by atoms with Crippen molar-refractivity contribution >= 4 is 33.6 Å². The van der Waals surface area contributed by atoms with Crippen LogP contribution in [0.25, 0.3) is 0 Å². The highest BCUT2D eigenvalue weighted by molar-refractivity contribution is 9.10. The number of thioether (sulfide) groups is 1. The van der Waals surface area contributed by atoms with Crippen LogP contribution >= 0.6 is 27.7 Å². The molecule has 2 aromatic rings. The van der Waals surface area contributed by atoms with Crippen molar-refractivity contribution in [2.24, 2.45) is 7.05 Å². The lowest BCUT2D eigenvalue weighted by Gasteiger charge is -2.08. The number of benzene rings is 1. The fourth-order valence-corrected chi connectivity index (χ4v) is 2.76. The topological polar surface area (TPSA) is 66.0 Å². The molecule has 0 unspecified atom stereocenters. The van der Waals surface area contributed by atoms with E-state index in [4.69, 9.17) is 10.5 Å². The predicted molar refractivity (Wildman–Crippen MR) is 75.7 cm³/mol. The molecule has 2 rings (SSSR count). The molecule has 0 amide bonds. The molecule has 7 heteroatoms. The predicted octanol–water partition coefficient (Wildman–Crippen LogP) is 2.46. The normalized spacial score (nSPS) is 10.6. The number of hydrogen-bond acceptors (Lipinski definition) is 5. The fraction of sp³-hybridized carbons (Fsp3) is 0.273. The first-order chi connectivity index (χ1) is 8.61. The molecule has 0 bridgehead atoms. The first-order valence-corrected chi connectivity index (χ1v) is 6.99. The number of anilines is 1. The summed E-state index contributed by atoms with van der Waals surface area (Å²) in [7, 11) is 3.51. The maximum atomic E-state index is 5.63. The molecule has 5 nitrogen and oxygen atoms in total. The highest BCUT2D eigenvalue weighted by Crippen LogP contribution is 2.29. The lowest BCUT2D eigenvalue weighted by molar-refractivity contribution is 0.411. The van der Waals surface area contributed by atoms with Gasteiger partial charge in [-0.2, -0.15) is 0 Å². The summed E-state index contributed by atoms with van der Waals surface area (Å²) >= 11 is 5.02. The summed E-state index contributed by atoms with van der Waals surface area (Å²) in [6, 6.07) is 5.92. The first-order valence-electron chi connectivity index (χ1n) is 5.22. The molecule has 0 aliphatic carbocycles. The lowest BCUT2D eigenvalue weighted by Crippen LogP contribution is -1.98. The van der Waals surface area contributed by atoms with E-state index in [0.29, 0.717) is 5.95 Å². The third-order valence-electron chi connectivity index (χ3n) is 2.47. The summed E-state index contributed by atoms with van der Waals surface area (Å²) in [5.74, 6) is 2.02. The van der Waals surface area contributed by atoms with Gasteiger partial charge in [-0.15, -0.1) is 10.2 Å². The monoisotopic (exact) mass is 328 g/mol. The van der Waals surface area contributed by atoms with E-state index in [9.17, 15) is 0 Å². The van der Waals surface area contributed by atoms with Gasteiger partial charge in [0.25, 0.3) is 0 Å². The molecular weight excluding hydrogens is 316 g/mol. The second-order valence-corrected chi connectivity index (χ2v) is 5.50. The van der Waals surface area contributed by atoms with E-state index >= 15 is 0 Å². The van der Waals surface area contributed by atoms with Gasteiger partial charge in [-0.3, -0.25) is 4.57 Å². The van der Waals surface area contributed by atoms with E-state index in [-0.39, 0.29) is 0 Å². The number of ether oxygens (including phenoxy) is 1. The number of rotatable bonds is 4. The van der Waals surface area contributed by atoms with Crippen LogP contribution in [-0.2, 0) is 12.8 Å². The van der Waals surface area contributed by atoms with E-state index in [1.807, 2.05) is 25.2 Å². The Balaban J connectivity index is 2.15. The summed E-state index contributed by atoms with van der Waals surface area (Å²) in [4.78, 5) is 0. The summed E-state index contributed by atoms with van der Waals surface area (Å²) in [5.41, 5.74) is 6.73. The smallest absolute Gasteiger partial charge is 0.222 e. The second-order valence-electron chi connectivity index (χ2n) is 3.64. The van der Waals surface area contributed by atoms with Crippen molar-refractivity contribution in [3.05, 3.63) is 28.2 Å². The van der Waals surface area contributed by atoms with E-state index < -0.39 is 0 Å². The van der Waals surface area contributed by atoms with Crippen molar-refractivity contribution in [2.75, 3.05) is 12.8 Å². The van der Waals surface area contributed by atoms with Gasteiger partial charge in [-0.1, -0.05) is 27.7 Å². The van der Waals surface area contributed by atoms with Crippen LogP contribution in [0.4, 0.5) is 5.95 Å². The third kappa shape index (κ3) is 2.78. The zero-order chi connectivity index (χ0) is 13.1. The minimum atomic E-state index is 0.415. The SMILES string of the molecule is COc1ccc(Br)cc1CSc1nnc(N)n1C. The molecule has 0 fully saturated rings. The molecule has 0 radical (unpaired) electrons. The van der Waals surface area contributed by atoms with Crippen molar-refractivity contribution in [3.8, 4) is 5.75 Å². The van der Waals surface area contributed by atoms with Crippen molar-refractivity contribution in [3.63, 3.8) is 0 Å². The highest BCUT2D eigenvalue weighted by atomic mass is 79.9. The summed E-state index contributed by atoms with van der Waals surface area (Å²) < 4.78 is 8.11. The van der Waals surface area contributed by atoms with Crippen LogP contribution in [0.3, 0.4) is 0 Å². The van der Waals surface area contributed by atoms with Gasteiger partial charge in [0, 0.05) is 22.8 Å². The third-order valence-corrected chi connectivity index (χ3v) is 4.03. The second kappa shape index (κ2) is 5.62. The fourth-order valence-electron chi connectivity index (χ4n) is 1.45. The zero-order valence-corrected chi connectivity index (χ0v) is 12.5. The van der Waals surface area contributed by atoms with Crippen LogP contribution in [0.15, 0.2) is 27.8 Å². The number of nitrogen functional groups attached to an aromatic ring is 1. The Morgan fingerprint density at radius 3 is 2.83 bits per heavy atom. The van der Waals surface area contributed by atoms with Crippen LogP contribution in [0, 0.1) is 0 Å². The van der Waals surface area contributed by atoms with Gasteiger partial charge in [0.15, 0.2) is 5.16 Å². The molecule has 1 aromatic heterocycles. The molecule has 18 heavy (non-hydrogen) atoms. The number of methoxy groups -OCH3 is 1. The van der Waals surface area contributed by atoms with Crippen LogP contribution < -0.4 is 10.5 Å². The Morgan fingerprint density at radius 1 is 1.44 bits per heavy atom. The number of nitrogens with zero attached hydrogens (tertiary/aromatic N) is 3. The largest absolute Gasteiger partial charge is 0.496 e. The van der Waals surface area contributed by atoms with Gasteiger partial charge in [0.05, 0.1) is 7.11 Å². The standard InChI is InChI=1S/C11H13BrN4OS/c1-16-10(13)14-15-11(16)18-6-7-5-8(12)3-4-9(7)17-2/h3-5H,6H2,1-2H3,(H2,13,14). The number of halogens is 1. The molecule has 0 saturated heterocycles. The molecular formula is C11H13BrN4OS. The van der Waals surface area contributed by atoms with E-state index in [2.05, 4.69) is 26.1 Å². The van der Waals surface area contributed by atoms with Gasteiger partial charge in [0.2, 0.25) is 5.95 Å². The van der Waals surface area contributed by atoms with E-state index in [0.717, 1.165) is 26.7 Å². The van der Waals surface area contributed by atoms with Gasteiger partial charge >= 0.3 is 0 Å². The van der Waals surface area contributed by atoms with Crippen LogP contribution in [0.5, 0.6) is 5.75 Å². The number of hydrogen-bond donors (Lipinski definition) is 1. The Morgan fingerprint density at radius 2 is 2.22 bits per heavy atom. The Bertz CT molecular complexity index is 558. The minimum absolute atomic E-state index is 0.415. The zero-order valence-electron chi connectivity index (χ0n) is 10.1. The van der Waals surface area contributed by atoms with Gasteiger partial charge in [-0.05, 0) is 18.2 Å². The molecule has 0 aliphatic rings. The number of nitrogens with two attached hydrogens (primary N) is 1. The molecule has 96 valence electrons. The maximum absolute atomic E-state index is 5.63. The summed E-state index contributed by atoms with van der Waals surface area (Å²) in [6.07, 6.45) is 0. The van der Waals surface area contributed by atoms with Crippen molar-refractivity contribution in [2.45, 2.75) is 10.9 Å². The molecule has 0 aliphatic heterocycles. The Labute approximate surface area is 118 Å². The van der Waals surface area contributed by atoms with Gasteiger partial charge < -0.3 is 10.5 Å². The molecule has 1 heterocycles. The van der Waals surface area contributed by atoms with Gasteiger partial charge in [-0.25, -0.2) is 0 Å². The maximum Gasteiger partial charge on any atom is 0.222 e. The highest BCUT2D eigenvalue weighted by Gasteiger charge is 2.09. The van der Waals surface area contributed by atoms with Crippen molar-refractivity contribution in [1.82, 2.24) is 14.8 Å². The molecule has 0 spiro atoms. The van der Waals surface area contributed by atoms with E-state index in [1.54, 1.807) is 23.4 Å². The Hall–Kier alpha value is -1.21. The average molecular weight is 329 g/mol. The van der Waals surface area contributed by atoms with E-state index in [1.165, 1.54) is 0 Å².